The van der Waals surface area contributed by atoms with Crippen molar-refractivity contribution in [3.05, 3.63) is 34.2 Å². The molecule has 168 valence electrons. The van der Waals surface area contributed by atoms with Gasteiger partial charge in [0, 0.05) is 10.9 Å². The van der Waals surface area contributed by atoms with E-state index in [0.29, 0.717) is 10.9 Å². The van der Waals surface area contributed by atoms with Gasteiger partial charge in [0.2, 0.25) is 5.91 Å². The van der Waals surface area contributed by atoms with Crippen molar-refractivity contribution in [3.8, 4) is 0 Å². The van der Waals surface area contributed by atoms with Crippen LogP contribution in [0, 0.1) is 18.7 Å². The number of rotatable bonds is 9. The number of benzene rings is 1. The number of carboxylic acid groups (broad SMARTS) is 1. The summed E-state index contributed by atoms with van der Waals surface area (Å²) >= 11 is 6.26. The van der Waals surface area contributed by atoms with Crippen LogP contribution in [0.3, 0.4) is 0 Å². The summed E-state index contributed by atoms with van der Waals surface area (Å²) in [5.74, 6) is -5.09. The fraction of sp³-hybridized carbons (Fsp3) is 0.400. The molecule has 0 radical (unpaired) electrons. The second kappa shape index (κ2) is 9.86. The number of alkyl halides is 1. The highest BCUT2D eigenvalue weighted by Crippen LogP contribution is 2.31. The van der Waals surface area contributed by atoms with E-state index in [2.05, 4.69) is 15.6 Å². The largest absolute Gasteiger partial charge is 0.481 e. The van der Waals surface area contributed by atoms with Crippen LogP contribution >= 0.6 is 11.6 Å². The number of amides is 2. The highest BCUT2D eigenvalue weighted by molar-refractivity contribution is 6.39. The summed E-state index contributed by atoms with van der Waals surface area (Å²) in [4.78, 5) is 50.7. The first kappa shape index (κ1) is 24.3. The number of hydrogen-bond donors (Lipinski definition) is 4. The van der Waals surface area contributed by atoms with Gasteiger partial charge < -0.3 is 20.7 Å². The van der Waals surface area contributed by atoms with Gasteiger partial charge in [0.25, 0.3) is 5.91 Å². The maximum absolute atomic E-state index is 13.8. The van der Waals surface area contributed by atoms with E-state index in [4.69, 9.17) is 16.7 Å². The van der Waals surface area contributed by atoms with Gasteiger partial charge in [-0.15, -0.1) is 0 Å². The van der Waals surface area contributed by atoms with Gasteiger partial charge in [-0.3, -0.25) is 19.2 Å². The van der Waals surface area contributed by atoms with Crippen LogP contribution in [0.4, 0.5) is 8.78 Å². The van der Waals surface area contributed by atoms with E-state index >= 15 is 0 Å². The Hall–Kier alpha value is -3.01. The lowest BCUT2D eigenvalue weighted by Crippen LogP contribution is -2.54. The molecular weight excluding hydrogens is 436 g/mol. The number of halogens is 3. The molecule has 0 saturated heterocycles. The molecular formula is C20H22ClF2N3O5. The van der Waals surface area contributed by atoms with Gasteiger partial charge in [-0.1, -0.05) is 25.4 Å². The normalized spacial score (nSPS) is 13.1. The Bertz CT molecular complexity index is 1040. The summed E-state index contributed by atoms with van der Waals surface area (Å²) in [6.45, 7) is 3.28. The molecule has 2 rings (SSSR count). The van der Waals surface area contributed by atoms with E-state index in [1.165, 1.54) is 19.1 Å². The van der Waals surface area contributed by atoms with Crippen LogP contribution in [0.25, 0.3) is 10.9 Å². The van der Waals surface area contributed by atoms with Crippen molar-refractivity contribution in [1.29, 1.82) is 0 Å². The first-order chi connectivity index (χ1) is 14.5. The third kappa shape index (κ3) is 5.38. The maximum Gasteiger partial charge on any atom is 0.305 e. The number of carboxylic acids is 1. The summed E-state index contributed by atoms with van der Waals surface area (Å²) < 4.78 is 26.6. The summed E-state index contributed by atoms with van der Waals surface area (Å²) in [5, 5.41) is 13.8. The Balaban J connectivity index is 2.27. The molecule has 0 saturated carbocycles. The van der Waals surface area contributed by atoms with E-state index in [9.17, 15) is 28.0 Å². The molecule has 1 aromatic carbocycles. The number of aromatic amines is 1. The van der Waals surface area contributed by atoms with Crippen LogP contribution in [0.1, 0.15) is 36.3 Å². The molecule has 0 bridgehead atoms. The number of hydrogen-bond acceptors (Lipinski definition) is 4. The zero-order valence-electron chi connectivity index (χ0n) is 17.0. The van der Waals surface area contributed by atoms with E-state index in [0.717, 1.165) is 0 Å². The quantitative estimate of drug-likeness (QED) is 0.460. The predicted molar refractivity (Wildman–Crippen MR) is 109 cm³/mol. The lowest BCUT2D eigenvalue weighted by molar-refractivity contribution is -0.140. The molecule has 2 atom stereocenters. The van der Waals surface area contributed by atoms with Gasteiger partial charge >= 0.3 is 5.97 Å². The number of H-pyrrole nitrogens is 1. The summed E-state index contributed by atoms with van der Waals surface area (Å²) in [6.07, 6.45) is -0.800. The molecule has 0 aliphatic rings. The number of carbonyl (C=O) groups is 4. The van der Waals surface area contributed by atoms with E-state index in [1.54, 1.807) is 13.8 Å². The van der Waals surface area contributed by atoms with Crippen molar-refractivity contribution >= 4 is 46.1 Å². The third-order valence-electron chi connectivity index (χ3n) is 4.78. The molecule has 0 spiro atoms. The van der Waals surface area contributed by atoms with E-state index in [1.807, 2.05) is 0 Å². The molecule has 1 heterocycles. The minimum Gasteiger partial charge on any atom is -0.481 e. The van der Waals surface area contributed by atoms with Gasteiger partial charge in [-0.25, -0.2) is 8.78 Å². The van der Waals surface area contributed by atoms with Gasteiger partial charge in [0.05, 0.1) is 11.4 Å². The number of aryl methyl sites for hydroxylation is 1. The molecule has 0 aliphatic carbocycles. The van der Waals surface area contributed by atoms with Gasteiger partial charge in [-0.05, 0) is 30.5 Å². The molecule has 0 aliphatic heterocycles. The van der Waals surface area contributed by atoms with Gasteiger partial charge in [0.15, 0.2) is 5.78 Å². The zero-order valence-corrected chi connectivity index (χ0v) is 17.8. The van der Waals surface area contributed by atoms with Crippen molar-refractivity contribution in [1.82, 2.24) is 15.6 Å². The molecule has 1 aromatic heterocycles. The topological polar surface area (TPSA) is 128 Å². The predicted octanol–water partition coefficient (Wildman–Crippen LogP) is 2.52. The van der Waals surface area contributed by atoms with Crippen molar-refractivity contribution in [3.63, 3.8) is 0 Å². The molecule has 4 N–H and O–H groups in total. The van der Waals surface area contributed by atoms with Crippen LogP contribution < -0.4 is 10.6 Å². The summed E-state index contributed by atoms with van der Waals surface area (Å²) in [5.41, 5.74) is 0.581. The van der Waals surface area contributed by atoms with Crippen LogP contribution in [-0.4, -0.2) is 52.4 Å². The maximum atomic E-state index is 13.8. The molecule has 8 nitrogen and oxygen atoms in total. The smallest absolute Gasteiger partial charge is 0.305 e. The lowest BCUT2D eigenvalue weighted by atomic mass is 10.0. The SMILES string of the molecule is Cc1c(F)ccc2[nH]c(C(=O)N[C@H](C(=O)NC(CC(=O)O)C(=O)CF)C(C)C)c(Cl)c12. The Morgan fingerprint density at radius 1 is 1.19 bits per heavy atom. The lowest BCUT2D eigenvalue weighted by Gasteiger charge is -2.24. The van der Waals surface area contributed by atoms with Gasteiger partial charge in [0.1, 0.15) is 30.3 Å². The fourth-order valence-electron chi connectivity index (χ4n) is 3.07. The minimum atomic E-state index is -1.57. The number of nitrogens with one attached hydrogen (secondary N) is 3. The standard InChI is InChI=1S/C20H22ClF2N3O5/c1-8(2)17(19(30)25-12(6-14(28)29)13(27)7-22)26-20(31)18-16(21)15-9(3)10(23)4-5-11(15)24-18/h4-5,8,12,17,24H,6-7H2,1-3H3,(H,25,30)(H,26,31)(H,28,29)/t12?,17-/m0/s1. The number of carbonyl (C=O) groups excluding carboxylic acids is 3. The summed E-state index contributed by atoms with van der Waals surface area (Å²) in [6, 6.07) is -0.112. The minimum absolute atomic E-state index is 0.0243. The zero-order chi connectivity index (χ0) is 23.5. The molecule has 2 aromatic rings. The Morgan fingerprint density at radius 3 is 2.39 bits per heavy atom. The monoisotopic (exact) mass is 457 g/mol. The summed E-state index contributed by atoms with van der Waals surface area (Å²) in [7, 11) is 0. The average molecular weight is 458 g/mol. The van der Waals surface area contributed by atoms with Crippen molar-refractivity contribution in [2.45, 2.75) is 39.3 Å². The molecule has 2 amide bonds. The van der Waals surface area contributed by atoms with Crippen LogP contribution in [0.5, 0.6) is 0 Å². The second-order valence-electron chi connectivity index (χ2n) is 7.36. The highest BCUT2D eigenvalue weighted by Gasteiger charge is 2.31. The third-order valence-corrected chi connectivity index (χ3v) is 5.15. The Kier molecular flexibility index (Phi) is 7.72. The number of Topliss-reactive ketones (excluding diaryl/α,β-unsaturated/α-hetero) is 1. The molecule has 0 fully saturated rings. The van der Waals surface area contributed by atoms with E-state index in [-0.39, 0.29) is 16.3 Å². The van der Waals surface area contributed by atoms with Crippen molar-refractivity contribution in [2.75, 3.05) is 6.67 Å². The first-order valence-corrected chi connectivity index (χ1v) is 9.73. The number of aliphatic carboxylic acids is 1. The molecule has 31 heavy (non-hydrogen) atoms. The number of fused-ring (bicyclic) bond motifs is 1. The van der Waals surface area contributed by atoms with Crippen molar-refractivity contribution < 1.29 is 33.1 Å². The average Bonchev–Trinajstić information content (AvgIpc) is 3.04. The first-order valence-electron chi connectivity index (χ1n) is 9.35. The number of aromatic nitrogens is 1. The molecule has 1 unspecified atom stereocenters. The van der Waals surface area contributed by atoms with Crippen LogP contribution in [-0.2, 0) is 14.4 Å². The van der Waals surface area contributed by atoms with Gasteiger partial charge in [-0.2, -0.15) is 0 Å². The Morgan fingerprint density at radius 2 is 1.84 bits per heavy atom. The number of ketones is 1. The van der Waals surface area contributed by atoms with Crippen LogP contribution in [0.2, 0.25) is 5.02 Å². The molecule has 11 heteroatoms. The fourth-order valence-corrected chi connectivity index (χ4v) is 3.44. The van der Waals surface area contributed by atoms with Crippen LogP contribution in [0.15, 0.2) is 12.1 Å². The Labute approximate surface area is 181 Å². The highest BCUT2D eigenvalue weighted by atomic mass is 35.5. The van der Waals surface area contributed by atoms with E-state index < -0.39 is 60.5 Å². The second-order valence-corrected chi connectivity index (χ2v) is 7.74. The van der Waals surface area contributed by atoms with Crippen molar-refractivity contribution in [2.24, 2.45) is 5.92 Å².